The largest absolute Gasteiger partial charge is 0.390 e. The summed E-state index contributed by atoms with van der Waals surface area (Å²) in [6.07, 6.45) is 2.24. The van der Waals surface area contributed by atoms with Crippen molar-refractivity contribution >= 4 is 45.7 Å². The van der Waals surface area contributed by atoms with Gasteiger partial charge in [-0.3, -0.25) is 9.13 Å². The fraction of sp³-hybridized carbons (Fsp3) is 0.476. The average molecular weight is 468 g/mol. The van der Waals surface area contributed by atoms with E-state index in [1.165, 1.54) is 6.20 Å². The first-order valence-corrected chi connectivity index (χ1v) is 10.7. The fourth-order valence-electron chi connectivity index (χ4n) is 3.17. The summed E-state index contributed by atoms with van der Waals surface area (Å²) in [5, 5.41) is 23.8. The second-order valence-corrected chi connectivity index (χ2v) is 9.62. The van der Waals surface area contributed by atoms with Gasteiger partial charge in [0, 0.05) is 18.8 Å². The van der Waals surface area contributed by atoms with Crippen molar-refractivity contribution in [3.05, 3.63) is 45.2 Å². The molecule has 0 saturated carbocycles. The van der Waals surface area contributed by atoms with E-state index in [0.29, 0.717) is 48.0 Å². The zero-order chi connectivity index (χ0) is 23.0. The number of aryl methyl sites for hydroxylation is 2. The fourth-order valence-corrected chi connectivity index (χ4v) is 3.44. The molecule has 0 atom stereocenters. The van der Waals surface area contributed by atoms with E-state index in [1.54, 1.807) is 36.8 Å². The van der Waals surface area contributed by atoms with Crippen LogP contribution < -0.4 is 11.0 Å². The van der Waals surface area contributed by atoms with Gasteiger partial charge in [-0.2, -0.15) is 4.98 Å². The lowest BCUT2D eigenvalue weighted by Gasteiger charge is -2.17. The molecule has 3 N–H and O–H groups in total. The number of hydrogen-bond donors (Lipinski definition) is 3. The van der Waals surface area contributed by atoms with Crippen molar-refractivity contribution < 1.29 is 10.2 Å². The number of nitrogens with zero attached hydrogens (tertiary/aromatic N) is 4. The van der Waals surface area contributed by atoms with Crippen LogP contribution >= 0.6 is 23.2 Å². The standard InChI is InChI=1S/C21H27Cl2N5O3/c1-20(2,30)7-9-27-15-6-5-13(25-17-14(22)12-24-18(23)26-17)11-16(15)28(19(27)29)10-8-21(3,4)31/h5-6,11-12,30-31H,7-10H2,1-4H3,(H,24,25,26). The monoisotopic (exact) mass is 467 g/mol. The van der Waals surface area contributed by atoms with Crippen LogP contribution in [0.3, 0.4) is 0 Å². The van der Waals surface area contributed by atoms with Crippen LogP contribution in [0.25, 0.3) is 11.0 Å². The van der Waals surface area contributed by atoms with E-state index in [1.807, 2.05) is 18.2 Å². The van der Waals surface area contributed by atoms with Crippen LogP contribution in [0.15, 0.2) is 29.2 Å². The van der Waals surface area contributed by atoms with E-state index in [2.05, 4.69) is 15.3 Å². The molecule has 0 spiro atoms. The van der Waals surface area contributed by atoms with E-state index in [0.717, 1.165) is 5.52 Å². The van der Waals surface area contributed by atoms with Crippen molar-refractivity contribution in [3.63, 3.8) is 0 Å². The highest BCUT2D eigenvalue weighted by Crippen LogP contribution is 2.27. The molecule has 0 unspecified atom stereocenters. The third kappa shape index (κ3) is 5.98. The van der Waals surface area contributed by atoms with Crippen molar-refractivity contribution in [2.24, 2.45) is 0 Å². The van der Waals surface area contributed by atoms with Crippen LogP contribution in [0.5, 0.6) is 0 Å². The molecule has 0 amide bonds. The van der Waals surface area contributed by atoms with Crippen LogP contribution in [0.4, 0.5) is 11.5 Å². The highest BCUT2D eigenvalue weighted by molar-refractivity contribution is 6.33. The molecule has 0 bridgehead atoms. The highest BCUT2D eigenvalue weighted by atomic mass is 35.5. The molecule has 31 heavy (non-hydrogen) atoms. The molecule has 0 saturated heterocycles. The maximum atomic E-state index is 13.2. The van der Waals surface area contributed by atoms with Gasteiger partial charge >= 0.3 is 5.69 Å². The first-order chi connectivity index (χ1) is 14.3. The Labute approximate surface area is 190 Å². The molecule has 0 fully saturated rings. The highest BCUT2D eigenvalue weighted by Gasteiger charge is 2.20. The lowest BCUT2D eigenvalue weighted by atomic mass is 10.1. The first-order valence-electron chi connectivity index (χ1n) is 9.97. The summed E-state index contributed by atoms with van der Waals surface area (Å²) in [6.45, 7) is 7.55. The van der Waals surface area contributed by atoms with Gasteiger partial charge in [-0.15, -0.1) is 0 Å². The summed E-state index contributed by atoms with van der Waals surface area (Å²) >= 11 is 12.0. The molecule has 8 nitrogen and oxygen atoms in total. The van der Waals surface area contributed by atoms with E-state index >= 15 is 0 Å². The molecule has 0 radical (unpaired) electrons. The Balaban J connectivity index is 2.05. The van der Waals surface area contributed by atoms with E-state index in [-0.39, 0.29) is 11.0 Å². The Kier molecular flexibility index (Phi) is 6.67. The maximum Gasteiger partial charge on any atom is 0.329 e. The molecular weight excluding hydrogens is 441 g/mol. The second kappa shape index (κ2) is 8.78. The van der Waals surface area contributed by atoms with Crippen molar-refractivity contribution in [2.75, 3.05) is 5.32 Å². The molecule has 1 aromatic carbocycles. The number of anilines is 2. The van der Waals surface area contributed by atoms with Crippen LogP contribution in [-0.2, 0) is 13.1 Å². The Bertz CT molecular complexity index is 1140. The number of nitrogens with one attached hydrogen (secondary N) is 1. The van der Waals surface area contributed by atoms with Gasteiger partial charge in [-0.05, 0) is 70.3 Å². The topological polar surface area (TPSA) is 105 Å². The molecular formula is C21H27Cl2N5O3. The Morgan fingerprint density at radius 3 is 2.16 bits per heavy atom. The number of halogens is 2. The maximum absolute atomic E-state index is 13.2. The van der Waals surface area contributed by atoms with Crippen LogP contribution in [0.1, 0.15) is 40.5 Å². The Morgan fingerprint density at radius 1 is 1.00 bits per heavy atom. The zero-order valence-corrected chi connectivity index (χ0v) is 19.5. The normalized spacial score (nSPS) is 12.5. The van der Waals surface area contributed by atoms with E-state index < -0.39 is 11.2 Å². The zero-order valence-electron chi connectivity index (χ0n) is 18.0. The van der Waals surface area contributed by atoms with Gasteiger partial charge in [0.25, 0.3) is 0 Å². The molecule has 168 valence electrons. The van der Waals surface area contributed by atoms with Gasteiger partial charge in [-0.25, -0.2) is 9.78 Å². The van der Waals surface area contributed by atoms with Gasteiger partial charge < -0.3 is 15.5 Å². The van der Waals surface area contributed by atoms with Crippen molar-refractivity contribution in [1.29, 1.82) is 0 Å². The number of imidazole rings is 1. The average Bonchev–Trinajstić information content (AvgIpc) is 2.90. The summed E-state index contributed by atoms with van der Waals surface area (Å²) in [5.74, 6) is 0.355. The lowest BCUT2D eigenvalue weighted by molar-refractivity contribution is 0.0653. The molecule has 2 heterocycles. The third-order valence-corrected chi connectivity index (χ3v) is 5.35. The van der Waals surface area contributed by atoms with Gasteiger partial charge in [0.2, 0.25) is 5.28 Å². The van der Waals surface area contributed by atoms with Gasteiger partial charge in [-0.1, -0.05) is 11.6 Å². The number of fused-ring (bicyclic) bond motifs is 1. The number of benzene rings is 1. The number of rotatable bonds is 8. The minimum atomic E-state index is -0.915. The van der Waals surface area contributed by atoms with E-state index in [4.69, 9.17) is 23.2 Å². The summed E-state index contributed by atoms with van der Waals surface area (Å²) in [6, 6.07) is 5.48. The number of aliphatic hydroxyl groups is 2. The van der Waals surface area contributed by atoms with E-state index in [9.17, 15) is 15.0 Å². The van der Waals surface area contributed by atoms with Crippen molar-refractivity contribution in [2.45, 2.75) is 64.8 Å². The number of aromatic nitrogens is 4. The molecule has 0 aliphatic carbocycles. The Hall–Kier alpha value is -2.13. The summed E-state index contributed by atoms with van der Waals surface area (Å²) in [5.41, 5.74) is 0.103. The quantitative estimate of drug-likeness (QED) is 0.432. The van der Waals surface area contributed by atoms with Crippen molar-refractivity contribution in [3.8, 4) is 0 Å². The molecule has 2 aromatic heterocycles. The van der Waals surface area contributed by atoms with Gasteiger partial charge in [0.15, 0.2) is 5.82 Å². The van der Waals surface area contributed by atoms with Crippen LogP contribution in [0, 0.1) is 0 Å². The van der Waals surface area contributed by atoms with Gasteiger partial charge in [0.05, 0.1) is 28.4 Å². The summed E-state index contributed by atoms with van der Waals surface area (Å²) in [7, 11) is 0. The summed E-state index contributed by atoms with van der Waals surface area (Å²) in [4.78, 5) is 21.1. The first kappa shape index (κ1) is 23.5. The third-order valence-electron chi connectivity index (χ3n) is 4.89. The Morgan fingerprint density at radius 2 is 1.58 bits per heavy atom. The van der Waals surface area contributed by atoms with Crippen molar-refractivity contribution in [1.82, 2.24) is 19.1 Å². The lowest BCUT2D eigenvalue weighted by Crippen LogP contribution is -2.30. The van der Waals surface area contributed by atoms with Crippen LogP contribution in [0.2, 0.25) is 10.3 Å². The molecule has 10 heteroatoms. The molecule has 3 rings (SSSR count). The predicted molar refractivity (Wildman–Crippen MR) is 123 cm³/mol. The second-order valence-electron chi connectivity index (χ2n) is 8.87. The minimum absolute atomic E-state index is 0.0628. The molecule has 0 aliphatic rings. The number of hydrogen-bond acceptors (Lipinski definition) is 6. The van der Waals surface area contributed by atoms with Gasteiger partial charge in [0.1, 0.15) is 5.02 Å². The predicted octanol–water partition coefficient (Wildman–Crippen LogP) is 3.97. The molecule has 0 aliphatic heterocycles. The van der Waals surface area contributed by atoms with Crippen LogP contribution in [-0.4, -0.2) is 40.5 Å². The summed E-state index contributed by atoms with van der Waals surface area (Å²) < 4.78 is 3.29. The minimum Gasteiger partial charge on any atom is -0.390 e. The smallest absolute Gasteiger partial charge is 0.329 e. The SMILES string of the molecule is CC(C)(O)CCn1c(=O)n(CCC(C)(C)O)c2cc(Nc3nc(Cl)ncc3Cl)ccc21. The molecule has 3 aromatic rings.